The Morgan fingerprint density at radius 2 is 1.74 bits per heavy atom. The fourth-order valence-corrected chi connectivity index (χ4v) is 4.68. The molecular weight excluding hydrogens is 274 g/mol. The van der Waals surface area contributed by atoms with E-state index < -0.39 is 0 Å². The smallest absolute Gasteiger partial charge is 0.259 e. The first-order chi connectivity index (χ1) is 8.97. The topological polar surface area (TPSA) is 22.0 Å². The van der Waals surface area contributed by atoms with Gasteiger partial charge in [0.25, 0.3) is 5.56 Å². The normalized spacial score (nSPS) is 12.1. The third-order valence-corrected chi connectivity index (χ3v) is 5.47. The van der Waals surface area contributed by atoms with Crippen LogP contribution < -0.4 is 5.56 Å². The Hall–Kier alpha value is -1.13. The van der Waals surface area contributed by atoms with E-state index in [1.807, 2.05) is 10.6 Å². The molecule has 0 aromatic carbocycles. The molecule has 4 heteroatoms. The van der Waals surface area contributed by atoms with E-state index in [1.54, 1.807) is 22.7 Å². The summed E-state index contributed by atoms with van der Waals surface area (Å²) in [6.07, 6.45) is 0. The fraction of sp³-hybridized carbons (Fsp3) is 0.400. The number of pyridine rings is 1. The van der Waals surface area contributed by atoms with E-state index in [0.717, 1.165) is 22.1 Å². The molecule has 0 fully saturated rings. The zero-order chi connectivity index (χ0) is 13.7. The van der Waals surface area contributed by atoms with Crippen LogP contribution in [0.2, 0.25) is 0 Å². The molecule has 0 aliphatic rings. The molecule has 19 heavy (non-hydrogen) atoms. The summed E-state index contributed by atoms with van der Waals surface area (Å²) in [6, 6.07) is 4.19. The van der Waals surface area contributed by atoms with E-state index in [9.17, 15) is 4.79 Å². The lowest BCUT2D eigenvalue weighted by molar-refractivity contribution is 0.526. The highest BCUT2D eigenvalue weighted by molar-refractivity contribution is 7.27. The van der Waals surface area contributed by atoms with Crippen molar-refractivity contribution in [1.29, 1.82) is 0 Å². The molecule has 0 saturated heterocycles. The maximum atomic E-state index is 12.7. The second kappa shape index (κ2) is 4.46. The van der Waals surface area contributed by atoms with Crippen molar-refractivity contribution in [3.05, 3.63) is 32.2 Å². The van der Waals surface area contributed by atoms with Crippen LogP contribution in [0.25, 0.3) is 20.3 Å². The van der Waals surface area contributed by atoms with Gasteiger partial charge in [-0.2, -0.15) is 0 Å². The lowest BCUT2D eigenvalue weighted by Gasteiger charge is -2.10. The van der Waals surface area contributed by atoms with E-state index in [2.05, 4.69) is 33.8 Å². The van der Waals surface area contributed by atoms with E-state index in [-0.39, 0.29) is 5.56 Å². The largest absolute Gasteiger partial charge is 0.307 e. The zero-order valence-corrected chi connectivity index (χ0v) is 13.2. The van der Waals surface area contributed by atoms with Crippen molar-refractivity contribution in [2.75, 3.05) is 0 Å². The Bertz CT molecular complexity index is 820. The highest BCUT2D eigenvalue weighted by Gasteiger charge is 2.15. The molecule has 0 aliphatic heterocycles. The second-order valence-electron chi connectivity index (χ2n) is 5.48. The number of hydrogen-bond donors (Lipinski definition) is 0. The van der Waals surface area contributed by atoms with Crippen LogP contribution in [-0.4, -0.2) is 4.57 Å². The number of fused-ring (bicyclic) bond motifs is 3. The minimum atomic E-state index is 0.165. The van der Waals surface area contributed by atoms with E-state index in [4.69, 9.17) is 0 Å². The second-order valence-corrected chi connectivity index (χ2v) is 7.99. The average Bonchev–Trinajstić information content (AvgIpc) is 2.87. The first-order valence-corrected chi connectivity index (χ1v) is 8.13. The van der Waals surface area contributed by atoms with Gasteiger partial charge >= 0.3 is 0 Å². The van der Waals surface area contributed by atoms with Gasteiger partial charge in [-0.1, -0.05) is 13.8 Å². The van der Waals surface area contributed by atoms with Gasteiger partial charge < -0.3 is 4.57 Å². The highest BCUT2D eigenvalue weighted by Crippen LogP contribution is 2.35. The SMILES string of the molecule is Cc1cc2c(=O)n(CC(C)C)c3cc(C)sc3c2s1. The van der Waals surface area contributed by atoms with E-state index in [1.165, 1.54) is 14.5 Å². The summed E-state index contributed by atoms with van der Waals surface area (Å²) in [5, 5.41) is 0.887. The van der Waals surface area contributed by atoms with Crippen molar-refractivity contribution >= 4 is 43.0 Å². The Labute approximate surface area is 120 Å². The molecule has 3 heterocycles. The molecule has 0 unspecified atom stereocenters. The first-order valence-electron chi connectivity index (χ1n) is 6.50. The van der Waals surface area contributed by atoms with Gasteiger partial charge in [0.05, 0.1) is 20.3 Å². The van der Waals surface area contributed by atoms with Crippen molar-refractivity contribution in [2.45, 2.75) is 34.2 Å². The molecule has 0 bridgehead atoms. The number of aryl methyl sites for hydroxylation is 2. The van der Waals surface area contributed by atoms with Crippen LogP contribution in [0.1, 0.15) is 23.6 Å². The maximum absolute atomic E-state index is 12.7. The van der Waals surface area contributed by atoms with Gasteiger partial charge in [-0.05, 0) is 31.9 Å². The molecule has 0 saturated carbocycles. The van der Waals surface area contributed by atoms with Crippen LogP contribution in [0.3, 0.4) is 0 Å². The molecule has 0 atom stereocenters. The van der Waals surface area contributed by atoms with Gasteiger partial charge in [-0.25, -0.2) is 0 Å². The summed E-state index contributed by atoms with van der Waals surface area (Å²) in [4.78, 5) is 15.2. The molecule has 0 radical (unpaired) electrons. The fourth-order valence-electron chi connectivity index (χ4n) is 2.51. The monoisotopic (exact) mass is 291 g/mol. The molecule has 3 aromatic heterocycles. The standard InChI is InChI=1S/C15H17NOS2/c1-8(2)7-16-12-6-10(4)19-14(12)13-11(15(16)17)5-9(3)18-13/h5-6,8H,7H2,1-4H3. The minimum absolute atomic E-state index is 0.165. The van der Waals surface area contributed by atoms with Crippen LogP contribution in [0, 0.1) is 19.8 Å². The number of nitrogens with zero attached hydrogens (tertiary/aromatic N) is 1. The number of aromatic nitrogens is 1. The van der Waals surface area contributed by atoms with Gasteiger partial charge in [0, 0.05) is 16.3 Å². The summed E-state index contributed by atoms with van der Waals surface area (Å²) in [5.74, 6) is 0.471. The van der Waals surface area contributed by atoms with Crippen molar-refractivity contribution in [1.82, 2.24) is 4.57 Å². The third kappa shape index (κ3) is 2.03. The van der Waals surface area contributed by atoms with Gasteiger partial charge in [0.15, 0.2) is 0 Å². The molecule has 3 rings (SSSR count). The van der Waals surface area contributed by atoms with Gasteiger partial charge in [0.1, 0.15) is 0 Å². The average molecular weight is 291 g/mol. The summed E-state index contributed by atoms with van der Waals surface area (Å²) in [7, 11) is 0. The summed E-state index contributed by atoms with van der Waals surface area (Å²) < 4.78 is 4.39. The quantitative estimate of drug-likeness (QED) is 0.679. The molecule has 3 aromatic rings. The van der Waals surface area contributed by atoms with Crippen molar-refractivity contribution in [3.63, 3.8) is 0 Å². The zero-order valence-electron chi connectivity index (χ0n) is 11.6. The van der Waals surface area contributed by atoms with Gasteiger partial charge in [0.2, 0.25) is 0 Å². The lowest BCUT2D eigenvalue weighted by Crippen LogP contribution is -2.22. The van der Waals surface area contributed by atoms with Crippen molar-refractivity contribution < 1.29 is 0 Å². The number of thiophene rings is 2. The van der Waals surface area contributed by atoms with Crippen LogP contribution >= 0.6 is 22.7 Å². The maximum Gasteiger partial charge on any atom is 0.259 e. The number of rotatable bonds is 2. The molecule has 0 N–H and O–H groups in total. The van der Waals surface area contributed by atoms with Crippen LogP contribution in [0.15, 0.2) is 16.9 Å². The lowest BCUT2D eigenvalue weighted by atomic mass is 10.2. The highest BCUT2D eigenvalue weighted by atomic mass is 32.1. The predicted molar refractivity (Wildman–Crippen MR) is 85.8 cm³/mol. The summed E-state index contributed by atoms with van der Waals surface area (Å²) in [6.45, 7) is 9.28. The van der Waals surface area contributed by atoms with E-state index >= 15 is 0 Å². The molecule has 0 amide bonds. The Kier molecular flexibility index (Phi) is 3.02. The summed E-state index contributed by atoms with van der Waals surface area (Å²) in [5.41, 5.74) is 1.27. The third-order valence-electron chi connectivity index (χ3n) is 3.21. The summed E-state index contributed by atoms with van der Waals surface area (Å²) >= 11 is 3.53. The van der Waals surface area contributed by atoms with E-state index in [0.29, 0.717) is 5.92 Å². The number of hydrogen-bond acceptors (Lipinski definition) is 3. The van der Waals surface area contributed by atoms with Crippen LogP contribution in [0.4, 0.5) is 0 Å². The van der Waals surface area contributed by atoms with Crippen LogP contribution in [-0.2, 0) is 6.54 Å². The molecule has 100 valence electrons. The van der Waals surface area contributed by atoms with Crippen molar-refractivity contribution in [3.8, 4) is 0 Å². The molecule has 0 aliphatic carbocycles. The van der Waals surface area contributed by atoms with Crippen LogP contribution in [0.5, 0.6) is 0 Å². The predicted octanol–water partition coefficient (Wildman–Crippen LogP) is 4.55. The van der Waals surface area contributed by atoms with Gasteiger partial charge in [-0.15, -0.1) is 22.7 Å². The minimum Gasteiger partial charge on any atom is -0.307 e. The molecule has 2 nitrogen and oxygen atoms in total. The molecule has 0 spiro atoms. The van der Waals surface area contributed by atoms with Crippen molar-refractivity contribution in [2.24, 2.45) is 5.92 Å². The Morgan fingerprint density at radius 3 is 2.42 bits per heavy atom. The Morgan fingerprint density at radius 1 is 1.11 bits per heavy atom. The first kappa shape index (κ1) is 12.9. The molecular formula is C15H17NOS2. The van der Waals surface area contributed by atoms with Gasteiger partial charge in [-0.3, -0.25) is 4.79 Å². The Balaban J connectivity index is 2.50.